The molecule has 1 aliphatic rings. The first-order valence-corrected chi connectivity index (χ1v) is 8.23. The molecule has 0 amide bonds. The highest BCUT2D eigenvalue weighted by Crippen LogP contribution is 2.25. The number of nitrogens with zero attached hydrogens (tertiary/aromatic N) is 5. The highest BCUT2D eigenvalue weighted by atomic mass is 16.5. The zero-order chi connectivity index (χ0) is 17.2. The minimum Gasteiger partial charge on any atom is -0.378 e. The maximum absolute atomic E-state index is 9.56. The largest absolute Gasteiger partial charge is 0.378 e. The Bertz CT molecular complexity index is 973. The van der Waals surface area contributed by atoms with Gasteiger partial charge in [0.05, 0.1) is 24.3 Å². The molecule has 0 N–H and O–H groups in total. The van der Waals surface area contributed by atoms with Gasteiger partial charge in [-0.2, -0.15) is 5.26 Å². The molecule has 1 aliphatic heterocycles. The first-order chi connectivity index (χ1) is 12.3. The van der Waals surface area contributed by atoms with Crippen LogP contribution >= 0.6 is 0 Å². The topological polar surface area (TPSA) is 74.9 Å². The number of hydrogen-bond donors (Lipinski definition) is 0. The van der Waals surface area contributed by atoms with Crippen molar-refractivity contribution < 1.29 is 4.74 Å². The zero-order valence-electron chi connectivity index (χ0n) is 13.9. The number of pyridine rings is 1. The van der Waals surface area contributed by atoms with Crippen LogP contribution in [-0.4, -0.2) is 41.3 Å². The van der Waals surface area contributed by atoms with E-state index in [1.165, 1.54) is 0 Å². The van der Waals surface area contributed by atoms with Crippen molar-refractivity contribution in [2.75, 3.05) is 31.2 Å². The molecule has 1 fully saturated rings. The molecule has 2 aromatic heterocycles. The fourth-order valence-corrected chi connectivity index (χ4v) is 3.05. The standard InChI is InChI=1S/C19H17N5O/c1-13-16-4-2-3-5-17(16)23-18(22-13)15-10-14(11-20)19(21-12-15)24-6-8-25-9-7-24/h2-5,10,12H,6-9H2,1H3. The van der Waals surface area contributed by atoms with Crippen molar-refractivity contribution in [2.45, 2.75) is 6.92 Å². The molecule has 25 heavy (non-hydrogen) atoms. The van der Waals surface area contributed by atoms with Crippen LogP contribution in [0.5, 0.6) is 0 Å². The van der Waals surface area contributed by atoms with E-state index in [1.807, 2.05) is 37.3 Å². The fraction of sp³-hybridized carbons (Fsp3) is 0.263. The molecule has 6 heteroatoms. The minimum atomic E-state index is 0.536. The normalized spacial score (nSPS) is 14.5. The second-order valence-corrected chi connectivity index (χ2v) is 5.96. The number of rotatable bonds is 2. The quantitative estimate of drug-likeness (QED) is 0.719. The number of aryl methyl sites for hydroxylation is 1. The zero-order valence-corrected chi connectivity index (χ0v) is 13.9. The van der Waals surface area contributed by atoms with Crippen molar-refractivity contribution in [2.24, 2.45) is 0 Å². The molecule has 4 rings (SSSR count). The van der Waals surface area contributed by atoms with Gasteiger partial charge in [-0.25, -0.2) is 15.0 Å². The Labute approximate surface area is 145 Å². The van der Waals surface area contributed by atoms with E-state index in [-0.39, 0.29) is 0 Å². The molecule has 0 bridgehead atoms. The number of nitriles is 1. The molecule has 0 aliphatic carbocycles. The van der Waals surface area contributed by atoms with Crippen LogP contribution in [0.2, 0.25) is 0 Å². The fourth-order valence-electron chi connectivity index (χ4n) is 3.05. The van der Waals surface area contributed by atoms with Gasteiger partial charge in [0.25, 0.3) is 0 Å². The van der Waals surface area contributed by atoms with Gasteiger partial charge in [-0.3, -0.25) is 0 Å². The summed E-state index contributed by atoms with van der Waals surface area (Å²) in [7, 11) is 0. The van der Waals surface area contributed by atoms with Gasteiger partial charge in [-0.05, 0) is 19.1 Å². The highest BCUT2D eigenvalue weighted by Gasteiger charge is 2.18. The van der Waals surface area contributed by atoms with E-state index in [0.29, 0.717) is 30.4 Å². The van der Waals surface area contributed by atoms with E-state index in [1.54, 1.807) is 6.20 Å². The molecule has 0 saturated carbocycles. The van der Waals surface area contributed by atoms with Gasteiger partial charge in [-0.1, -0.05) is 18.2 Å². The number of benzene rings is 1. The number of ether oxygens (including phenoxy) is 1. The number of anilines is 1. The Balaban J connectivity index is 1.77. The summed E-state index contributed by atoms with van der Waals surface area (Å²) < 4.78 is 5.37. The SMILES string of the molecule is Cc1nc(-c2cnc(N3CCOCC3)c(C#N)c2)nc2ccccc12. The lowest BCUT2D eigenvalue weighted by Gasteiger charge is -2.28. The monoisotopic (exact) mass is 331 g/mol. The predicted molar refractivity (Wildman–Crippen MR) is 95.3 cm³/mol. The smallest absolute Gasteiger partial charge is 0.161 e. The summed E-state index contributed by atoms with van der Waals surface area (Å²) in [5.41, 5.74) is 3.09. The van der Waals surface area contributed by atoms with Crippen molar-refractivity contribution in [3.8, 4) is 17.5 Å². The van der Waals surface area contributed by atoms with Gasteiger partial charge in [0.15, 0.2) is 5.82 Å². The van der Waals surface area contributed by atoms with Gasteiger partial charge in [0.1, 0.15) is 11.9 Å². The summed E-state index contributed by atoms with van der Waals surface area (Å²) in [4.78, 5) is 15.8. The molecule has 0 unspecified atom stereocenters. The second kappa shape index (κ2) is 6.46. The average Bonchev–Trinajstić information content (AvgIpc) is 2.68. The predicted octanol–water partition coefficient (Wildman–Crippen LogP) is 2.71. The number of morpholine rings is 1. The van der Waals surface area contributed by atoms with Crippen LogP contribution in [0.15, 0.2) is 36.5 Å². The van der Waals surface area contributed by atoms with E-state index in [9.17, 15) is 5.26 Å². The van der Waals surface area contributed by atoms with Crippen LogP contribution in [0.1, 0.15) is 11.3 Å². The molecular weight excluding hydrogens is 314 g/mol. The highest BCUT2D eigenvalue weighted by molar-refractivity contribution is 5.82. The molecule has 1 aromatic carbocycles. The average molecular weight is 331 g/mol. The van der Waals surface area contributed by atoms with Crippen LogP contribution < -0.4 is 4.90 Å². The summed E-state index contributed by atoms with van der Waals surface area (Å²) in [5.74, 6) is 1.29. The minimum absolute atomic E-state index is 0.536. The van der Waals surface area contributed by atoms with E-state index in [2.05, 4.69) is 25.9 Å². The molecule has 6 nitrogen and oxygen atoms in total. The number of hydrogen-bond acceptors (Lipinski definition) is 6. The van der Waals surface area contributed by atoms with Crippen molar-refractivity contribution in [1.82, 2.24) is 15.0 Å². The van der Waals surface area contributed by atoms with Gasteiger partial charge in [-0.15, -0.1) is 0 Å². The lowest BCUT2D eigenvalue weighted by Crippen LogP contribution is -2.37. The number of aromatic nitrogens is 3. The van der Waals surface area contributed by atoms with E-state index in [0.717, 1.165) is 35.2 Å². The van der Waals surface area contributed by atoms with Crippen LogP contribution in [-0.2, 0) is 4.74 Å². The van der Waals surface area contributed by atoms with E-state index < -0.39 is 0 Å². The lowest BCUT2D eigenvalue weighted by atomic mass is 10.1. The molecule has 3 aromatic rings. The number of para-hydroxylation sites is 1. The maximum atomic E-state index is 9.56. The van der Waals surface area contributed by atoms with Crippen molar-refractivity contribution >= 4 is 16.7 Å². The molecule has 3 heterocycles. The Morgan fingerprint density at radius 3 is 2.76 bits per heavy atom. The summed E-state index contributed by atoms with van der Waals surface area (Å²) in [6.45, 7) is 4.76. The first-order valence-electron chi connectivity index (χ1n) is 8.23. The molecule has 0 spiro atoms. The van der Waals surface area contributed by atoms with Crippen molar-refractivity contribution in [3.05, 3.63) is 47.8 Å². The molecule has 0 atom stereocenters. The third kappa shape index (κ3) is 2.90. The Kier molecular flexibility index (Phi) is 4.00. The Morgan fingerprint density at radius 1 is 1.16 bits per heavy atom. The van der Waals surface area contributed by atoms with Crippen LogP contribution in [0.25, 0.3) is 22.3 Å². The van der Waals surface area contributed by atoms with Crippen LogP contribution in [0.4, 0.5) is 5.82 Å². The molecular formula is C19H17N5O. The van der Waals surface area contributed by atoms with Gasteiger partial charge >= 0.3 is 0 Å². The van der Waals surface area contributed by atoms with Crippen molar-refractivity contribution in [1.29, 1.82) is 5.26 Å². The summed E-state index contributed by atoms with van der Waals surface area (Å²) in [6.07, 6.45) is 1.75. The summed E-state index contributed by atoms with van der Waals surface area (Å²) >= 11 is 0. The number of fused-ring (bicyclic) bond motifs is 1. The summed E-state index contributed by atoms with van der Waals surface area (Å²) in [6, 6.07) is 12.0. The Morgan fingerprint density at radius 2 is 1.96 bits per heavy atom. The summed E-state index contributed by atoms with van der Waals surface area (Å²) in [5, 5.41) is 10.6. The lowest BCUT2D eigenvalue weighted by molar-refractivity contribution is 0.122. The molecule has 1 saturated heterocycles. The third-order valence-electron chi connectivity index (χ3n) is 4.35. The van der Waals surface area contributed by atoms with E-state index >= 15 is 0 Å². The van der Waals surface area contributed by atoms with Gasteiger partial charge < -0.3 is 9.64 Å². The van der Waals surface area contributed by atoms with Crippen molar-refractivity contribution in [3.63, 3.8) is 0 Å². The van der Waals surface area contributed by atoms with Crippen LogP contribution in [0, 0.1) is 18.3 Å². The van der Waals surface area contributed by atoms with Gasteiger partial charge in [0, 0.05) is 35.9 Å². The van der Waals surface area contributed by atoms with Crippen LogP contribution in [0.3, 0.4) is 0 Å². The molecule has 0 radical (unpaired) electrons. The second-order valence-electron chi connectivity index (χ2n) is 5.96. The Hall–Kier alpha value is -3.04. The maximum Gasteiger partial charge on any atom is 0.161 e. The van der Waals surface area contributed by atoms with E-state index in [4.69, 9.17) is 4.74 Å². The first kappa shape index (κ1) is 15.5. The third-order valence-corrected chi connectivity index (χ3v) is 4.35. The van der Waals surface area contributed by atoms with Gasteiger partial charge in [0.2, 0.25) is 0 Å². The molecule has 124 valence electrons.